The van der Waals surface area contributed by atoms with E-state index in [9.17, 15) is 0 Å². The van der Waals surface area contributed by atoms with Crippen LogP contribution in [0.4, 0.5) is 5.82 Å². The number of nitrogens with two attached hydrogens (primary N) is 1. The molecule has 1 aliphatic heterocycles. The molecule has 0 spiro atoms. The normalized spacial score (nSPS) is 19.5. The Morgan fingerprint density at radius 3 is 2.82 bits per heavy atom. The molecule has 4 nitrogen and oxygen atoms in total. The Balaban J connectivity index is 2.13. The van der Waals surface area contributed by atoms with Crippen molar-refractivity contribution in [2.75, 3.05) is 18.9 Å². The summed E-state index contributed by atoms with van der Waals surface area (Å²) in [5.41, 5.74) is 8.76. The number of anilines is 1. The fraction of sp³-hybridized carbons (Fsp3) is 0.615. The maximum absolute atomic E-state index is 9.05. The second-order valence-corrected chi connectivity index (χ2v) is 4.75. The molecule has 1 fully saturated rings. The van der Waals surface area contributed by atoms with Crippen molar-refractivity contribution in [2.24, 2.45) is 5.92 Å². The highest BCUT2D eigenvalue weighted by Crippen LogP contribution is 2.25. The number of nitriles is 1. The van der Waals surface area contributed by atoms with Crippen LogP contribution in [0.2, 0.25) is 0 Å². The topological polar surface area (TPSA) is 64.0 Å². The summed E-state index contributed by atoms with van der Waals surface area (Å²) in [5, 5.41) is 9.05. The van der Waals surface area contributed by atoms with Crippen molar-refractivity contribution in [3.63, 3.8) is 0 Å². The second kappa shape index (κ2) is 4.80. The van der Waals surface area contributed by atoms with E-state index in [4.69, 9.17) is 15.7 Å². The Morgan fingerprint density at radius 1 is 1.53 bits per heavy atom. The zero-order valence-electron chi connectivity index (χ0n) is 10.5. The SMILES string of the molecule is Cc1c(C#N)c(N)n(CCC2CCOC2)c1C. The van der Waals surface area contributed by atoms with Crippen molar-refractivity contribution in [3.05, 3.63) is 16.8 Å². The van der Waals surface area contributed by atoms with Crippen LogP contribution < -0.4 is 5.73 Å². The van der Waals surface area contributed by atoms with Crippen molar-refractivity contribution in [1.82, 2.24) is 4.57 Å². The molecule has 0 amide bonds. The fourth-order valence-corrected chi connectivity index (χ4v) is 2.44. The van der Waals surface area contributed by atoms with Crippen molar-refractivity contribution in [1.29, 1.82) is 5.26 Å². The van der Waals surface area contributed by atoms with Crippen molar-refractivity contribution < 1.29 is 4.74 Å². The average molecular weight is 233 g/mol. The van der Waals surface area contributed by atoms with Crippen LogP contribution in [0.3, 0.4) is 0 Å². The molecule has 1 aromatic heterocycles. The molecule has 0 saturated carbocycles. The molecule has 1 unspecified atom stereocenters. The number of hydrogen-bond donors (Lipinski definition) is 1. The molecule has 4 heteroatoms. The molecule has 1 aromatic rings. The summed E-state index contributed by atoms with van der Waals surface area (Å²) in [6.45, 7) is 6.61. The van der Waals surface area contributed by atoms with E-state index in [-0.39, 0.29) is 0 Å². The molecular formula is C13H19N3O. The first-order valence-corrected chi connectivity index (χ1v) is 6.08. The summed E-state index contributed by atoms with van der Waals surface area (Å²) >= 11 is 0. The molecule has 17 heavy (non-hydrogen) atoms. The molecule has 0 aliphatic carbocycles. The van der Waals surface area contributed by atoms with E-state index in [1.54, 1.807) is 0 Å². The van der Waals surface area contributed by atoms with Crippen molar-refractivity contribution in [3.8, 4) is 6.07 Å². The first kappa shape index (κ1) is 12.0. The van der Waals surface area contributed by atoms with Crippen LogP contribution in [0.25, 0.3) is 0 Å². The lowest BCUT2D eigenvalue weighted by Gasteiger charge is -2.12. The van der Waals surface area contributed by atoms with Crippen LogP contribution in [0.1, 0.15) is 29.7 Å². The Labute approximate surface area is 102 Å². The maximum atomic E-state index is 9.05. The molecule has 1 atom stereocenters. The average Bonchev–Trinajstić information content (AvgIpc) is 2.88. The van der Waals surface area contributed by atoms with Gasteiger partial charge in [-0.25, -0.2) is 0 Å². The number of ether oxygens (including phenoxy) is 1. The molecule has 0 radical (unpaired) electrons. The summed E-state index contributed by atoms with van der Waals surface area (Å²) in [5.74, 6) is 1.25. The van der Waals surface area contributed by atoms with Crippen LogP contribution in [0.5, 0.6) is 0 Å². The van der Waals surface area contributed by atoms with Gasteiger partial charge in [0.05, 0.1) is 5.56 Å². The molecular weight excluding hydrogens is 214 g/mol. The number of rotatable bonds is 3. The quantitative estimate of drug-likeness (QED) is 0.868. The molecule has 92 valence electrons. The minimum atomic E-state index is 0.612. The molecule has 0 aromatic carbocycles. The summed E-state index contributed by atoms with van der Waals surface area (Å²) < 4.78 is 7.42. The van der Waals surface area contributed by atoms with E-state index in [0.717, 1.165) is 43.9 Å². The Kier molecular flexibility index (Phi) is 3.39. The number of nitrogens with zero attached hydrogens (tertiary/aromatic N) is 2. The standard InChI is InChI=1S/C13H19N3O/c1-9-10(2)16(13(15)12(9)7-14)5-3-11-4-6-17-8-11/h11H,3-6,8,15H2,1-2H3. The minimum absolute atomic E-state index is 0.612. The van der Waals surface area contributed by atoms with E-state index in [0.29, 0.717) is 17.3 Å². The molecule has 2 N–H and O–H groups in total. The summed E-state index contributed by atoms with van der Waals surface area (Å²) in [7, 11) is 0. The van der Waals surface area contributed by atoms with E-state index in [2.05, 4.69) is 10.6 Å². The number of nitrogen functional groups attached to an aromatic ring is 1. The van der Waals surface area contributed by atoms with Gasteiger partial charge in [0.25, 0.3) is 0 Å². The molecule has 1 saturated heterocycles. The lowest BCUT2D eigenvalue weighted by Crippen LogP contribution is -2.10. The minimum Gasteiger partial charge on any atom is -0.384 e. The third-order valence-corrected chi connectivity index (χ3v) is 3.77. The van der Waals surface area contributed by atoms with Crippen LogP contribution in [-0.4, -0.2) is 17.8 Å². The van der Waals surface area contributed by atoms with Gasteiger partial charge in [0.2, 0.25) is 0 Å². The van der Waals surface area contributed by atoms with Crippen molar-refractivity contribution in [2.45, 2.75) is 33.2 Å². The number of hydrogen-bond acceptors (Lipinski definition) is 3. The first-order chi connectivity index (χ1) is 8.15. The number of aromatic nitrogens is 1. The highest BCUT2D eigenvalue weighted by Gasteiger charge is 2.18. The smallest absolute Gasteiger partial charge is 0.122 e. The zero-order chi connectivity index (χ0) is 12.4. The van der Waals surface area contributed by atoms with Crippen LogP contribution in [0, 0.1) is 31.1 Å². The van der Waals surface area contributed by atoms with Gasteiger partial charge in [0.1, 0.15) is 11.9 Å². The summed E-state index contributed by atoms with van der Waals surface area (Å²) in [4.78, 5) is 0. The van der Waals surface area contributed by atoms with Crippen LogP contribution in [-0.2, 0) is 11.3 Å². The Hall–Kier alpha value is -1.47. The third kappa shape index (κ3) is 2.16. The van der Waals surface area contributed by atoms with Crippen LogP contribution >= 0.6 is 0 Å². The third-order valence-electron chi connectivity index (χ3n) is 3.77. The lowest BCUT2D eigenvalue weighted by atomic mass is 10.1. The predicted molar refractivity (Wildman–Crippen MR) is 66.6 cm³/mol. The van der Waals surface area contributed by atoms with E-state index >= 15 is 0 Å². The van der Waals surface area contributed by atoms with Gasteiger partial charge in [-0.1, -0.05) is 0 Å². The highest BCUT2D eigenvalue weighted by molar-refractivity contribution is 5.57. The summed E-state index contributed by atoms with van der Waals surface area (Å²) in [6.07, 6.45) is 2.22. The lowest BCUT2D eigenvalue weighted by molar-refractivity contribution is 0.183. The highest BCUT2D eigenvalue weighted by atomic mass is 16.5. The van der Waals surface area contributed by atoms with Gasteiger partial charge in [-0.05, 0) is 38.2 Å². The zero-order valence-corrected chi connectivity index (χ0v) is 10.5. The molecule has 2 rings (SSSR count). The largest absolute Gasteiger partial charge is 0.384 e. The van der Waals surface area contributed by atoms with E-state index in [1.165, 1.54) is 0 Å². The monoisotopic (exact) mass is 233 g/mol. The van der Waals surface area contributed by atoms with Gasteiger partial charge in [-0.15, -0.1) is 0 Å². The van der Waals surface area contributed by atoms with Gasteiger partial charge < -0.3 is 15.0 Å². The van der Waals surface area contributed by atoms with E-state index in [1.807, 2.05) is 13.8 Å². The predicted octanol–water partition coefficient (Wildman–Crippen LogP) is 1.99. The van der Waals surface area contributed by atoms with Gasteiger partial charge in [-0.2, -0.15) is 5.26 Å². The van der Waals surface area contributed by atoms with Gasteiger partial charge in [-0.3, -0.25) is 0 Å². The molecule has 0 bridgehead atoms. The fourth-order valence-electron chi connectivity index (χ4n) is 2.44. The Morgan fingerprint density at radius 2 is 2.29 bits per heavy atom. The first-order valence-electron chi connectivity index (χ1n) is 6.08. The molecule has 2 heterocycles. The van der Waals surface area contributed by atoms with Gasteiger partial charge in [0, 0.05) is 25.5 Å². The van der Waals surface area contributed by atoms with Gasteiger partial charge in [0.15, 0.2) is 0 Å². The van der Waals surface area contributed by atoms with Crippen LogP contribution in [0.15, 0.2) is 0 Å². The van der Waals surface area contributed by atoms with Gasteiger partial charge >= 0.3 is 0 Å². The Bertz CT molecular complexity index is 450. The molecule has 1 aliphatic rings. The van der Waals surface area contributed by atoms with E-state index < -0.39 is 0 Å². The van der Waals surface area contributed by atoms with Crippen molar-refractivity contribution >= 4 is 5.82 Å². The second-order valence-electron chi connectivity index (χ2n) is 4.75. The summed E-state index contributed by atoms with van der Waals surface area (Å²) in [6, 6.07) is 2.18. The maximum Gasteiger partial charge on any atom is 0.122 e.